The van der Waals surface area contributed by atoms with E-state index in [9.17, 15) is 9.59 Å². The van der Waals surface area contributed by atoms with Gasteiger partial charge in [-0.15, -0.1) is 0 Å². The van der Waals surface area contributed by atoms with Gasteiger partial charge >= 0.3 is 5.97 Å². The first-order chi connectivity index (χ1) is 3.18. The molecule has 0 aromatic heterocycles. The van der Waals surface area contributed by atoms with E-state index in [1.165, 1.54) is 0 Å². The number of carbonyl (C=O) groups excluding carboxylic acids is 1. The fraction of sp³-hybridized carbons (Fsp3) is 0.333. The molecule has 40 valence electrons. The number of hydrogen-bond acceptors (Lipinski definition) is 3. The van der Waals surface area contributed by atoms with Crippen molar-refractivity contribution in [2.45, 2.75) is 6.04 Å². The second-order valence-corrected chi connectivity index (χ2v) is 1.00. The van der Waals surface area contributed by atoms with Gasteiger partial charge in [-0.25, -0.2) is 0 Å². The van der Waals surface area contributed by atoms with Gasteiger partial charge in [0.25, 0.3) is 0 Å². The number of rotatable bonds is 2. The number of carboxylic acids is 1. The molecule has 0 amide bonds. The normalized spacial score (nSPS) is 12.7. The molecule has 7 heavy (non-hydrogen) atoms. The first-order valence-corrected chi connectivity index (χ1v) is 1.62. The minimum atomic E-state index is -1.36. The third kappa shape index (κ3) is 1.88. The molecule has 0 aromatic carbocycles. The maximum Gasteiger partial charge on any atom is 0.327 e. The Morgan fingerprint density at radius 1 is 1.86 bits per heavy atom. The summed E-state index contributed by atoms with van der Waals surface area (Å²) in [6, 6.07) is -1.36. The Morgan fingerprint density at radius 3 is 2.29 bits per heavy atom. The third-order valence-electron chi connectivity index (χ3n) is 0.432. The molecule has 4 nitrogen and oxygen atoms in total. The monoisotopic (exact) mass is 103 g/mol. The summed E-state index contributed by atoms with van der Waals surface area (Å²) in [5.41, 5.74) is 4.65. The zero-order chi connectivity index (χ0) is 5.86. The Labute approximate surface area is 39.9 Å². The van der Waals surface area contributed by atoms with E-state index in [4.69, 9.17) is 5.11 Å². The predicted octanol–water partition coefficient (Wildman–Crippen LogP) is -1.40. The average molecular weight is 103 g/mol. The molecule has 0 radical (unpaired) electrons. The van der Waals surface area contributed by atoms with E-state index in [0.717, 1.165) is 0 Å². The zero-order valence-electron chi connectivity index (χ0n) is 3.50. The van der Waals surface area contributed by atoms with Crippen LogP contribution in [-0.2, 0) is 9.59 Å². The van der Waals surface area contributed by atoms with Crippen molar-refractivity contribution in [2.75, 3.05) is 0 Å². The minimum absolute atomic E-state index is 0.169. The molecule has 0 aliphatic rings. The van der Waals surface area contributed by atoms with Crippen LogP contribution < -0.4 is 5.73 Å². The van der Waals surface area contributed by atoms with Gasteiger partial charge in [0.2, 0.25) is 0 Å². The summed E-state index contributed by atoms with van der Waals surface area (Å²) >= 11 is 0. The van der Waals surface area contributed by atoms with Crippen LogP contribution in [0, 0.1) is 0 Å². The van der Waals surface area contributed by atoms with Crippen molar-refractivity contribution in [2.24, 2.45) is 5.73 Å². The predicted molar refractivity (Wildman–Crippen MR) is 21.7 cm³/mol. The van der Waals surface area contributed by atoms with Crippen LogP contribution in [0.3, 0.4) is 0 Å². The molecule has 0 unspecified atom stereocenters. The van der Waals surface area contributed by atoms with Gasteiger partial charge in [0.1, 0.15) is 6.29 Å². The van der Waals surface area contributed by atoms with Crippen molar-refractivity contribution in [1.29, 1.82) is 0 Å². The summed E-state index contributed by atoms with van der Waals surface area (Å²) < 4.78 is 0. The highest BCUT2D eigenvalue weighted by Crippen LogP contribution is 1.65. The van der Waals surface area contributed by atoms with Crippen molar-refractivity contribution >= 4 is 12.3 Å². The van der Waals surface area contributed by atoms with Crippen LogP contribution in [0.15, 0.2) is 0 Å². The standard InChI is InChI=1S/C3H5NO3/c4-2(1-5)3(6)7/h1-2H,4H2,(H,6,7)/t2-/m0/s1. The van der Waals surface area contributed by atoms with E-state index < -0.39 is 12.0 Å². The van der Waals surface area contributed by atoms with E-state index in [-0.39, 0.29) is 6.29 Å². The molecular weight excluding hydrogens is 98.0 g/mol. The van der Waals surface area contributed by atoms with Crippen molar-refractivity contribution in [1.82, 2.24) is 0 Å². The quantitative estimate of drug-likeness (QED) is 0.332. The molecule has 0 bridgehead atoms. The Kier molecular flexibility index (Phi) is 2.01. The van der Waals surface area contributed by atoms with Gasteiger partial charge in [-0.2, -0.15) is 0 Å². The van der Waals surface area contributed by atoms with Gasteiger partial charge < -0.3 is 15.6 Å². The van der Waals surface area contributed by atoms with E-state index in [1.54, 1.807) is 0 Å². The summed E-state index contributed by atoms with van der Waals surface area (Å²) in [6.07, 6.45) is 0.169. The molecule has 0 fully saturated rings. The van der Waals surface area contributed by atoms with Crippen LogP contribution in [0.25, 0.3) is 0 Å². The number of nitrogens with two attached hydrogens (primary N) is 1. The highest BCUT2D eigenvalue weighted by atomic mass is 16.4. The Hall–Kier alpha value is -0.900. The topological polar surface area (TPSA) is 80.4 Å². The van der Waals surface area contributed by atoms with Crippen molar-refractivity contribution < 1.29 is 14.7 Å². The van der Waals surface area contributed by atoms with Crippen LogP contribution in [0.5, 0.6) is 0 Å². The average Bonchev–Trinajstić information content (AvgIpc) is 1.65. The number of aliphatic carboxylic acids is 1. The number of hydrogen-bond donors (Lipinski definition) is 2. The van der Waals surface area contributed by atoms with Gasteiger partial charge in [0, 0.05) is 0 Å². The van der Waals surface area contributed by atoms with Crippen LogP contribution in [-0.4, -0.2) is 23.4 Å². The SMILES string of the molecule is N[C@@H](C=O)C(=O)O. The smallest absolute Gasteiger partial charge is 0.327 e. The fourth-order valence-electron chi connectivity index (χ4n) is 0.0582. The highest BCUT2D eigenvalue weighted by molar-refractivity contribution is 5.90. The molecule has 0 heterocycles. The molecule has 0 aliphatic heterocycles. The van der Waals surface area contributed by atoms with Crippen LogP contribution >= 0.6 is 0 Å². The van der Waals surface area contributed by atoms with Gasteiger partial charge in [-0.1, -0.05) is 0 Å². The minimum Gasteiger partial charge on any atom is -0.480 e. The molecule has 0 aliphatic carbocycles. The molecule has 3 N–H and O–H groups in total. The Balaban J connectivity index is 3.55. The second-order valence-electron chi connectivity index (χ2n) is 1.00. The first kappa shape index (κ1) is 6.10. The summed E-state index contributed by atoms with van der Waals surface area (Å²) in [5, 5.41) is 7.83. The maximum absolute atomic E-state index is 9.57. The van der Waals surface area contributed by atoms with E-state index >= 15 is 0 Å². The van der Waals surface area contributed by atoms with E-state index in [0.29, 0.717) is 0 Å². The van der Waals surface area contributed by atoms with Gasteiger partial charge in [0.05, 0.1) is 0 Å². The van der Waals surface area contributed by atoms with E-state index in [1.807, 2.05) is 0 Å². The summed E-state index contributed by atoms with van der Waals surface area (Å²) in [4.78, 5) is 19.0. The first-order valence-electron chi connectivity index (χ1n) is 1.62. The summed E-state index contributed by atoms with van der Waals surface area (Å²) in [6.45, 7) is 0. The Bertz CT molecular complexity index is 90.2. The maximum atomic E-state index is 9.57. The molecule has 0 spiro atoms. The van der Waals surface area contributed by atoms with Gasteiger partial charge in [0.15, 0.2) is 6.04 Å². The van der Waals surface area contributed by atoms with Crippen molar-refractivity contribution in [3.8, 4) is 0 Å². The largest absolute Gasteiger partial charge is 0.480 e. The van der Waals surface area contributed by atoms with Crippen LogP contribution in [0.2, 0.25) is 0 Å². The fourth-order valence-corrected chi connectivity index (χ4v) is 0.0582. The number of aldehydes is 1. The lowest BCUT2D eigenvalue weighted by molar-refractivity contribution is -0.139. The van der Waals surface area contributed by atoms with Gasteiger partial charge in [-0.3, -0.25) is 4.79 Å². The lowest BCUT2D eigenvalue weighted by atomic mass is 10.4. The number of carboxylic acid groups (broad SMARTS) is 1. The van der Waals surface area contributed by atoms with Crippen LogP contribution in [0.4, 0.5) is 0 Å². The molecular formula is C3H5NO3. The molecule has 0 saturated carbocycles. The van der Waals surface area contributed by atoms with Crippen molar-refractivity contribution in [3.05, 3.63) is 0 Å². The van der Waals surface area contributed by atoms with Crippen LogP contribution in [0.1, 0.15) is 0 Å². The molecule has 4 heteroatoms. The molecule has 0 saturated heterocycles. The summed E-state index contributed by atoms with van der Waals surface area (Å²) in [7, 11) is 0. The zero-order valence-corrected chi connectivity index (χ0v) is 3.50. The lowest BCUT2D eigenvalue weighted by Crippen LogP contribution is -2.31. The second kappa shape index (κ2) is 2.30. The Morgan fingerprint density at radius 2 is 2.29 bits per heavy atom. The van der Waals surface area contributed by atoms with E-state index in [2.05, 4.69) is 5.73 Å². The van der Waals surface area contributed by atoms with Gasteiger partial charge in [-0.05, 0) is 0 Å². The molecule has 0 rings (SSSR count). The molecule has 1 atom stereocenters. The highest BCUT2D eigenvalue weighted by Gasteiger charge is 2.06. The third-order valence-corrected chi connectivity index (χ3v) is 0.432. The molecule has 0 aromatic rings. The van der Waals surface area contributed by atoms with Crippen molar-refractivity contribution in [3.63, 3.8) is 0 Å². The summed E-state index contributed by atoms with van der Waals surface area (Å²) in [5.74, 6) is -1.30. The lowest BCUT2D eigenvalue weighted by Gasteiger charge is -1.89. The number of carbonyl (C=O) groups is 2.